The van der Waals surface area contributed by atoms with E-state index in [1.54, 1.807) is 23.1 Å². The summed E-state index contributed by atoms with van der Waals surface area (Å²) in [6.45, 7) is 1.95. The SMILES string of the molecule is COC(=O)NC1C(C)CC(=O)N2c3cc(Cl)ccc3Oc3ccccc3C12. The number of piperidine rings is 1. The molecule has 0 aliphatic carbocycles. The fourth-order valence-corrected chi connectivity index (χ4v) is 4.03. The van der Waals surface area contributed by atoms with Crippen LogP contribution in [-0.4, -0.2) is 25.2 Å². The molecule has 2 amide bonds. The fourth-order valence-electron chi connectivity index (χ4n) is 3.86. The van der Waals surface area contributed by atoms with Gasteiger partial charge in [-0.15, -0.1) is 0 Å². The number of amides is 2. The van der Waals surface area contributed by atoms with E-state index in [4.69, 9.17) is 21.1 Å². The number of fused-ring (bicyclic) bond motifs is 5. The summed E-state index contributed by atoms with van der Waals surface area (Å²) in [6.07, 6.45) is -0.241. The molecule has 27 heavy (non-hydrogen) atoms. The van der Waals surface area contributed by atoms with Crippen LogP contribution in [-0.2, 0) is 9.53 Å². The van der Waals surface area contributed by atoms with Crippen molar-refractivity contribution >= 4 is 29.3 Å². The van der Waals surface area contributed by atoms with E-state index in [0.717, 1.165) is 5.56 Å². The molecule has 2 aromatic rings. The Balaban J connectivity index is 1.93. The van der Waals surface area contributed by atoms with Gasteiger partial charge in [0.05, 0.1) is 24.9 Å². The minimum atomic E-state index is -0.532. The molecule has 4 rings (SSSR count). The van der Waals surface area contributed by atoms with Crippen LogP contribution in [0.1, 0.15) is 24.9 Å². The number of hydrogen-bond donors (Lipinski definition) is 1. The number of nitrogens with one attached hydrogen (secondary N) is 1. The molecule has 2 aliphatic heterocycles. The van der Waals surface area contributed by atoms with Gasteiger partial charge in [0.2, 0.25) is 5.91 Å². The second kappa shape index (κ2) is 6.78. The van der Waals surface area contributed by atoms with E-state index in [1.165, 1.54) is 7.11 Å². The molecular formula is C20H19ClN2O4. The molecule has 7 heteroatoms. The number of para-hydroxylation sites is 1. The smallest absolute Gasteiger partial charge is 0.407 e. The predicted molar refractivity (Wildman–Crippen MR) is 101 cm³/mol. The monoisotopic (exact) mass is 386 g/mol. The van der Waals surface area contributed by atoms with E-state index < -0.39 is 12.1 Å². The third kappa shape index (κ3) is 3.00. The molecule has 0 bridgehead atoms. The average Bonchev–Trinajstić information content (AvgIpc) is 2.79. The average molecular weight is 387 g/mol. The van der Waals surface area contributed by atoms with Gasteiger partial charge in [0.1, 0.15) is 5.75 Å². The Morgan fingerprint density at radius 1 is 1.26 bits per heavy atom. The molecule has 3 atom stereocenters. The number of alkyl carbamates (subject to hydrolysis) is 1. The Labute approximate surface area is 162 Å². The minimum Gasteiger partial charge on any atom is -0.455 e. The number of anilines is 1. The van der Waals surface area contributed by atoms with Crippen molar-refractivity contribution in [2.45, 2.75) is 25.4 Å². The Morgan fingerprint density at radius 2 is 2.04 bits per heavy atom. The van der Waals surface area contributed by atoms with Crippen LogP contribution in [0.25, 0.3) is 0 Å². The first-order valence-corrected chi connectivity index (χ1v) is 9.10. The van der Waals surface area contributed by atoms with Crippen LogP contribution < -0.4 is 15.0 Å². The first-order chi connectivity index (χ1) is 13.0. The summed E-state index contributed by atoms with van der Waals surface area (Å²) < 4.78 is 10.9. The summed E-state index contributed by atoms with van der Waals surface area (Å²) in [5.41, 5.74) is 1.42. The molecule has 1 N–H and O–H groups in total. The Morgan fingerprint density at radius 3 is 2.81 bits per heavy atom. The van der Waals surface area contributed by atoms with Gasteiger partial charge in [-0.25, -0.2) is 4.79 Å². The normalized spacial score (nSPS) is 23.3. The molecule has 0 radical (unpaired) electrons. The molecule has 1 saturated heterocycles. The fraction of sp³-hybridized carbons (Fsp3) is 0.300. The van der Waals surface area contributed by atoms with Crippen LogP contribution in [0.4, 0.5) is 10.5 Å². The van der Waals surface area contributed by atoms with E-state index in [0.29, 0.717) is 28.6 Å². The lowest BCUT2D eigenvalue weighted by Gasteiger charge is -2.43. The number of benzene rings is 2. The Hall–Kier alpha value is -2.73. The van der Waals surface area contributed by atoms with Gasteiger partial charge in [-0.3, -0.25) is 9.69 Å². The molecule has 0 saturated carbocycles. The molecule has 6 nitrogen and oxygen atoms in total. The highest BCUT2D eigenvalue weighted by atomic mass is 35.5. The van der Waals surface area contributed by atoms with Gasteiger partial charge in [-0.2, -0.15) is 0 Å². The molecule has 2 aromatic carbocycles. The summed E-state index contributed by atoms with van der Waals surface area (Å²) in [7, 11) is 1.32. The number of hydrogen-bond acceptors (Lipinski definition) is 4. The minimum absolute atomic E-state index is 0.0424. The van der Waals surface area contributed by atoms with Crippen LogP contribution >= 0.6 is 11.6 Å². The number of carbonyl (C=O) groups is 2. The zero-order valence-corrected chi connectivity index (χ0v) is 15.7. The summed E-state index contributed by atoms with van der Waals surface area (Å²) in [5.74, 6) is 1.08. The first-order valence-electron chi connectivity index (χ1n) is 8.72. The number of carbonyl (C=O) groups excluding carboxylic acids is 2. The van der Waals surface area contributed by atoms with E-state index >= 15 is 0 Å². The van der Waals surface area contributed by atoms with Crippen LogP contribution in [0.15, 0.2) is 42.5 Å². The highest BCUT2D eigenvalue weighted by Crippen LogP contribution is 2.49. The van der Waals surface area contributed by atoms with Crippen molar-refractivity contribution in [3.8, 4) is 11.5 Å². The van der Waals surface area contributed by atoms with Gasteiger partial charge < -0.3 is 14.8 Å². The van der Waals surface area contributed by atoms with Gasteiger partial charge in [-0.05, 0) is 30.2 Å². The standard InChI is InChI=1S/C20H19ClN2O4/c1-11-9-17(24)23-14-10-12(21)7-8-16(14)27-15-6-4-3-5-13(15)19(23)18(11)22-20(25)26-2/h3-8,10-11,18-19H,9H2,1-2H3,(H,22,25). The Kier molecular flexibility index (Phi) is 4.44. The molecule has 140 valence electrons. The third-order valence-electron chi connectivity index (χ3n) is 5.10. The lowest BCUT2D eigenvalue weighted by atomic mass is 9.82. The van der Waals surface area contributed by atoms with E-state index in [-0.39, 0.29) is 17.9 Å². The van der Waals surface area contributed by atoms with Crippen molar-refractivity contribution in [2.75, 3.05) is 12.0 Å². The molecule has 3 unspecified atom stereocenters. The van der Waals surface area contributed by atoms with Gasteiger partial charge in [0.25, 0.3) is 0 Å². The lowest BCUT2D eigenvalue weighted by molar-refractivity contribution is -0.122. The number of halogens is 1. The van der Waals surface area contributed by atoms with Gasteiger partial charge in [0, 0.05) is 17.0 Å². The van der Waals surface area contributed by atoms with E-state index in [1.807, 2.05) is 31.2 Å². The maximum absolute atomic E-state index is 13.1. The van der Waals surface area contributed by atoms with Crippen molar-refractivity contribution in [3.63, 3.8) is 0 Å². The van der Waals surface area contributed by atoms with Crippen LogP contribution in [0.5, 0.6) is 11.5 Å². The van der Waals surface area contributed by atoms with Crippen LogP contribution in [0.3, 0.4) is 0 Å². The van der Waals surface area contributed by atoms with Gasteiger partial charge in [0.15, 0.2) is 5.75 Å². The van der Waals surface area contributed by atoms with Crippen LogP contribution in [0.2, 0.25) is 5.02 Å². The number of ether oxygens (including phenoxy) is 2. The third-order valence-corrected chi connectivity index (χ3v) is 5.34. The summed E-state index contributed by atoms with van der Waals surface area (Å²) in [5, 5.41) is 3.41. The molecule has 0 spiro atoms. The zero-order chi connectivity index (χ0) is 19.1. The Bertz CT molecular complexity index is 917. The number of methoxy groups -OCH3 is 1. The van der Waals surface area contributed by atoms with Crippen molar-refractivity contribution in [1.82, 2.24) is 5.32 Å². The maximum Gasteiger partial charge on any atom is 0.407 e. The molecular weight excluding hydrogens is 368 g/mol. The van der Waals surface area contributed by atoms with Crippen molar-refractivity contribution in [2.24, 2.45) is 5.92 Å². The van der Waals surface area contributed by atoms with Crippen molar-refractivity contribution in [1.29, 1.82) is 0 Å². The largest absolute Gasteiger partial charge is 0.455 e. The topological polar surface area (TPSA) is 67.9 Å². The molecule has 0 aromatic heterocycles. The molecule has 2 heterocycles. The van der Waals surface area contributed by atoms with E-state index in [9.17, 15) is 9.59 Å². The predicted octanol–water partition coefficient (Wildman–Crippen LogP) is 4.28. The molecule has 1 fully saturated rings. The van der Waals surface area contributed by atoms with Gasteiger partial charge in [-0.1, -0.05) is 36.7 Å². The van der Waals surface area contributed by atoms with Crippen LogP contribution in [0, 0.1) is 5.92 Å². The second-order valence-corrected chi connectivity index (χ2v) is 7.24. The maximum atomic E-state index is 13.1. The summed E-state index contributed by atoms with van der Waals surface area (Å²) in [4.78, 5) is 26.7. The highest BCUT2D eigenvalue weighted by Gasteiger charge is 2.46. The van der Waals surface area contributed by atoms with Crippen molar-refractivity contribution < 1.29 is 19.1 Å². The number of rotatable bonds is 1. The first kappa shape index (κ1) is 17.7. The lowest BCUT2D eigenvalue weighted by Crippen LogP contribution is -2.56. The second-order valence-electron chi connectivity index (χ2n) is 6.80. The summed E-state index contributed by atoms with van der Waals surface area (Å²) in [6, 6.07) is 12.0. The summed E-state index contributed by atoms with van der Waals surface area (Å²) >= 11 is 6.21. The molecule has 2 aliphatic rings. The zero-order valence-electron chi connectivity index (χ0n) is 14.9. The van der Waals surface area contributed by atoms with Gasteiger partial charge >= 0.3 is 6.09 Å². The highest BCUT2D eigenvalue weighted by molar-refractivity contribution is 6.31. The van der Waals surface area contributed by atoms with Crippen molar-refractivity contribution in [3.05, 3.63) is 53.1 Å². The number of nitrogens with zero attached hydrogens (tertiary/aromatic N) is 1. The van der Waals surface area contributed by atoms with E-state index in [2.05, 4.69) is 5.32 Å². The quantitative estimate of drug-likeness (QED) is 0.794.